The first-order valence-corrected chi connectivity index (χ1v) is 5.36. The zero-order valence-electron chi connectivity index (χ0n) is 9.27. The van der Waals surface area contributed by atoms with Crippen LogP contribution < -0.4 is 0 Å². The van der Waals surface area contributed by atoms with Gasteiger partial charge < -0.3 is 4.42 Å². The van der Waals surface area contributed by atoms with Crippen molar-refractivity contribution in [2.45, 2.75) is 6.92 Å². The molecule has 0 aliphatic rings. The molecule has 0 unspecified atom stereocenters. The Morgan fingerprint density at radius 2 is 1.94 bits per heavy atom. The lowest BCUT2D eigenvalue weighted by molar-refractivity contribution is 0.615. The van der Waals surface area contributed by atoms with E-state index in [0.717, 1.165) is 22.2 Å². The van der Waals surface area contributed by atoms with Crippen molar-refractivity contribution in [3.05, 3.63) is 53.8 Å². The highest BCUT2D eigenvalue weighted by molar-refractivity contribution is 5.76. The van der Waals surface area contributed by atoms with Crippen molar-refractivity contribution in [2.24, 2.45) is 0 Å². The lowest BCUT2D eigenvalue weighted by Gasteiger charge is -2.00. The molecule has 84 valence electrons. The third-order valence-corrected chi connectivity index (χ3v) is 2.71. The van der Waals surface area contributed by atoms with Gasteiger partial charge in [0.15, 0.2) is 5.58 Å². The third-order valence-electron chi connectivity index (χ3n) is 2.71. The van der Waals surface area contributed by atoms with E-state index in [2.05, 4.69) is 4.98 Å². The van der Waals surface area contributed by atoms with Crippen LogP contribution in [0.25, 0.3) is 22.6 Å². The van der Waals surface area contributed by atoms with E-state index in [1.54, 1.807) is 6.07 Å². The zero-order chi connectivity index (χ0) is 11.8. The highest BCUT2D eigenvalue weighted by atomic mass is 19.1. The Labute approximate surface area is 97.7 Å². The molecule has 2 aromatic carbocycles. The molecule has 0 amide bonds. The predicted octanol–water partition coefficient (Wildman–Crippen LogP) is 3.94. The summed E-state index contributed by atoms with van der Waals surface area (Å²) in [4.78, 5) is 4.38. The van der Waals surface area contributed by atoms with Gasteiger partial charge in [-0.05, 0) is 42.8 Å². The molecule has 1 heterocycles. The van der Waals surface area contributed by atoms with E-state index in [4.69, 9.17) is 4.42 Å². The first-order valence-electron chi connectivity index (χ1n) is 5.36. The average Bonchev–Trinajstić information content (AvgIpc) is 2.72. The number of hydrogen-bond acceptors (Lipinski definition) is 2. The second-order valence-corrected chi connectivity index (χ2v) is 3.95. The van der Waals surface area contributed by atoms with Gasteiger partial charge in [-0.1, -0.05) is 12.1 Å². The lowest BCUT2D eigenvalue weighted by atomic mass is 10.1. The van der Waals surface area contributed by atoms with Crippen LogP contribution in [0.4, 0.5) is 4.39 Å². The van der Waals surface area contributed by atoms with Gasteiger partial charge in [-0.15, -0.1) is 0 Å². The van der Waals surface area contributed by atoms with Gasteiger partial charge in [-0.3, -0.25) is 0 Å². The molecule has 0 saturated heterocycles. The average molecular weight is 227 g/mol. The highest BCUT2D eigenvalue weighted by Gasteiger charge is 2.10. The molecule has 0 aliphatic heterocycles. The monoisotopic (exact) mass is 227 g/mol. The number of hydrogen-bond donors (Lipinski definition) is 0. The van der Waals surface area contributed by atoms with Gasteiger partial charge in [0, 0.05) is 5.56 Å². The quantitative estimate of drug-likeness (QED) is 0.629. The van der Waals surface area contributed by atoms with Crippen molar-refractivity contribution in [3.8, 4) is 11.5 Å². The lowest BCUT2D eigenvalue weighted by Crippen LogP contribution is -1.84. The van der Waals surface area contributed by atoms with Crippen LogP contribution in [-0.4, -0.2) is 4.98 Å². The minimum atomic E-state index is -0.248. The number of para-hydroxylation sites is 2. The minimum absolute atomic E-state index is 0.248. The molecule has 0 aliphatic carbocycles. The first kappa shape index (κ1) is 10.0. The van der Waals surface area contributed by atoms with Crippen LogP contribution in [0.3, 0.4) is 0 Å². The Morgan fingerprint density at radius 3 is 2.71 bits per heavy atom. The Balaban J connectivity index is 2.20. The van der Waals surface area contributed by atoms with Crippen LogP contribution in [-0.2, 0) is 0 Å². The molecule has 17 heavy (non-hydrogen) atoms. The summed E-state index contributed by atoms with van der Waals surface area (Å²) in [5.74, 6) is 0.283. The Hall–Kier alpha value is -2.16. The molecular formula is C14H10FNO. The number of nitrogens with zero attached hydrogens (tertiary/aromatic N) is 1. The van der Waals surface area contributed by atoms with Crippen molar-refractivity contribution in [1.82, 2.24) is 4.98 Å². The summed E-state index contributed by atoms with van der Waals surface area (Å²) < 4.78 is 18.7. The van der Waals surface area contributed by atoms with Crippen LogP contribution in [0.2, 0.25) is 0 Å². The maximum atomic E-state index is 13.0. The van der Waals surface area contributed by atoms with Gasteiger partial charge in [-0.2, -0.15) is 0 Å². The maximum Gasteiger partial charge on any atom is 0.227 e. The second-order valence-electron chi connectivity index (χ2n) is 3.95. The normalized spacial score (nSPS) is 10.9. The summed E-state index contributed by atoms with van der Waals surface area (Å²) in [7, 11) is 0. The largest absolute Gasteiger partial charge is 0.436 e. The SMILES string of the molecule is Cc1cc(F)ccc1-c1nc2ccccc2o1. The molecule has 0 atom stereocenters. The number of halogens is 1. The molecule has 2 nitrogen and oxygen atoms in total. The Morgan fingerprint density at radius 1 is 1.12 bits per heavy atom. The topological polar surface area (TPSA) is 26.0 Å². The van der Waals surface area contributed by atoms with Gasteiger partial charge in [0.1, 0.15) is 11.3 Å². The molecule has 3 rings (SSSR count). The molecule has 0 N–H and O–H groups in total. The second kappa shape index (κ2) is 3.70. The van der Waals surface area contributed by atoms with Crippen molar-refractivity contribution in [1.29, 1.82) is 0 Å². The number of aryl methyl sites for hydroxylation is 1. The van der Waals surface area contributed by atoms with Crippen molar-refractivity contribution < 1.29 is 8.81 Å². The molecule has 0 saturated carbocycles. The van der Waals surface area contributed by atoms with E-state index in [1.165, 1.54) is 12.1 Å². The van der Waals surface area contributed by atoms with E-state index >= 15 is 0 Å². The summed E-state index contributed by atoms with van der Waals surface area (Å²) in [6.45, 7) is 1.84. The fourth-order valence-electron chi connectivity index (χ4n) is 1.85. The smallest absolute Gasteiger partial charge is 0.227 e. The van der Waals surface area contributed by atoms with Crippen LogP contribution >= 0.6 is 0 Å². The predicted molar refractivity (Wildman–Crippen MR) is 64.1 cm³/mol. The van der Waals surface area contributed by atoms with Gasteiger partial charge in [0.2, 0.25) is 5.89 Å². The Kier molecular flexibility index (Phi) is 2.18. The third kappa shape index (κ3) is 1.69. The van der Waals surface area contributed by atoms with Gasteiger partial charge >= 0.3 is 0 Å². The van der Waals surface area contributed by atoms with Crippen molar-refractivity contribution in [2.75, 3.05) is 0 Å². The summed E-state index contributed by atoms with van der Waals surface area (Å²) in [5, 5.41) is 0. The summed E-state index contributed by atoms with van der Waals surface area (Å²) in [6.07, 6.45) is 0. The molecule has 0 fully saturated rings. The van der Waals surface area contributed by atoms with Crippen molar-refractivity contribution in [3.63, 3.8) is 0 Å². The summed E-state index contributed by atoms with van der Waals surface area (Å²) >= 11 is 0. The Bertz CT molecular complexity index is 655. The fraction of sp³-hybridized carbons (Fsp3) is 0.0714. The summed E-state index contributed by atoms with van der Waals surface area (Å²) in [6, 6.07) is 12.1. The maximum absolute atomic E-state index is 13.0. The van der Waals surface area contributed by atoms with Crippen LogP contribution in [0, 0.1) is 12.7 Å². The fourth-order valence-corrected chi connectivity index (χ4v) is 1.85. The minimum Gasteiger partial charge on any atom is -0.436 e. The number of rotatable bonds is 1. The van der Waals surface area contributed by atoms with E-state index in [-0.39, 0.29) is 5.82 Å². The molecule has 0 bridgehead atoms. The number of fused-ring (bicyclic) bond motifs is 1. The number of oxazole rings is 1. The van der Waals surface area contributed by atoms with E-state index in [0.29, 0.717) is 5.89 Å². The van der Waals surface area contributed by atoms with Gasteiger partial charge in [0.25, 0.3) is 0 Å². The molecule has 0 spiro atoms. The first-order chi connectivity index (χ1) is 8.24. The number of aromatic nitrogens is 1. The van der Waals surface area contributed by atoms with Crippen molar-refractivity contribution >= 4 is 11.1 Å². The van der Waals surface area contributed by atoms with Crippen LogP contribution in [0.15, 0.2) is 46.9 Å². The van der Waals surface area contributed by atoms with E-state index in [1.807, 2.05) is 31.2 Å². The zero-order valence-corrected chi connectivity index (χ0v) is 9.27. The number of benzene rings is 2. The molecule has 3 heteroatoms. The standard InChI is InChI=1S/C14H10FNO/c1-9-8-10(15)6-7-11(9)14-16-12-4-2-3-5-13(12)17-14/h2-8H,1H3. The van der Waals surface area contributed by atoms with Gasteiger partial charge in [-0.25, -0.2) is 9.37 Å². The van der Waals surface area contributed by atoms with Crippen LogP contribution in [0.1, 0.15) is 5.56 Å². The highest BCUT2D eigenvalue weighted by Crippen LogP contribution is 2.26. The van der Waals surface area contributed by atoms with E-state index in [9.17, 15) is 4.39 Å². The van der Waals surface area contributed by atoms with Crippen LogP contribution in [0.5, 0.6) is 0 Å². The van der Waals surface area contributed by atoms with Gasteiger partial charge in [0.05, 0.1) is 0 Å². The molecular weight excluding hydrogens is 217 g/mol. The molecule has 3 aromatic rings. The molecule has 1 aromatic heterocycles. The summed E-state index contributed by atoms with van der Waals surface area (Å²) in [5.41, 5.74) is 3.19. The molecule has 0 radical (unpaired) electrons. The van der Waals surface area contributed by atoms with E-state index < -0.39 is 0 Å².